The normalized spacial score (nSPS) is 10.0. The van der Waals surface area contributed by atoms with Gasteiger partial charge in [0, 0.05) is 10.6 Å². The first kappa shape index (κ1) is 20.5. The number of aromatic amines is 1. The summed E-state index contributed by atoms with van der Waals surface area (Å²) in [6, 6.07) is 14.2. The van der Waals surface area contributed by atoms with E-state index in [-0.39, 0.29) is 39.6 Å². The Bertz CT molecular complexity index is 1280. The van der Waals surface area contributed by atoms with Crippen LogP contribution in [0.15, 0.2) is 47.3 Å². The minimum atomic E-state index is -0.721. The number of nitriles is 2. The van der Waals surface area contributed by atoms with Gasteiger partial charge in [0.1, 0.15) is 29.1 Å². The Hall–Kier alpha value is -4.27. The third-order valence-corrected chi connectivity index (χ3v) is 4.46. The van der Waals surface area contributed by atoms with Crippen LogP contribution in [-0.2, 0) is 0 Å². The molecule has 3 N–H and O–H groups in total. The molecule has 2 aromatic carbocycles. The molecule has 30 heavy (non-hydrogen) atoms. The fourth-order valence-electron chi connectivity index (χ4n) is 2.78. The van der Waals surface area contributed by atoms with Crippen LogP contribution >= 0.6 is 11.6 Å². The Balaban J connectivity index is 2.07. The Kier molecular flexibility index (Phi) is 5.73. The van der Waals surface area contributed by atoms with Gasteiger partial charge in [-0.05, 0) is 42.0 Å². The lowest BCUT2D eigenvalue weighted by atomic mass is 9.96. The van der Waals surface area contributed by atoms with Crippen LogP contribution in [0.5, 0.6) is 11.5 Å². The monoisotopic (exact) mass is 420 g/mol. The SMILES string of the molecule is COc1cc(-c2c(C#N)c(N)[nH]c(=O)c2C#N)ccc1OC(=O)c1ccc(Cl)cc1. The second-order valence-corrected chi connectivity index (χ2v) is 6.41. The van der Waals surface area contributed by atoms with Crippen molar-refractivity contribution in [2.24, 2.45) is 0 Å². The largest absolute Gasteiger partial charge is 0.493 e. The number of methoxy groups -OCH3 is 1. The maximum Gasteiger partial charge on any atom is 0.343 e. The summed E-state index contributed by atoms with van der Waals surface area (Å²) in [7, 11) is 1.36. The summed E-state index contributed by atoms with van der Waals surface area (Å²) in [5.74, 6) is -0.528. The molecule has 1 aromatic heterocycles. The van der Waals surface area contributed by atoms with Crippen LogP contribution in [0, 0.1) is 22.7 Å². The first-order chi connectivity index (χ1) is 14.4. The van der Waals surface area contributed by atoms with Gasteiger partial charge >= 0.3 is 5.97 Å². The fourth-order valence-corrected chi connectivity index (χ4v) is 2.91. The number of pyridine rings is 1. The highest BCUT2D eigenvalue weighted by Crippen LogP contribution is 2.36. The van der Waals surface area contributed by atoms with Crippen molar-refractivity contribution >= 4 is 23.4 Å². The molecule has 0 fully saturated rings. The van der Waals surface area contributed by atoms with Gasteiger partial charge in [-0.3, -0.25) is 4.79 Å². The van der Waals surface area contributed by atoms with E-state index in [1.165, 1.54) is 37.4 Å². The number of nitrogens with zero attached hydrogens (tertiary/aromatic N) is 2. The van der Waals surface area contributed by atoms with E-state index in [2.05, 4.69) is 4.98 Å². The molecular weight excluding hydrogens is 408 g/mol. The summed E-state index contributed by atoms with van der Waals surface area (Å²) in [6.45, 7) is 0. The van der Waals surface area contributed by atoms with Crippen LogP contribution in [0.2, 0.25) is 5.02 Å². The number of anilines is 1. The lowest BCUT2D eigenvalue weighted by Gasteiger charge is -2.13. The van der Waals surface area contributed by atoms with E-state index in [4.69, 9.17) is 26.8 Å². The molecule has 0 saturated heterocycles. The van der Waals surface area contributed by atoms with Gasteiger partial charge in [-0.25, -0.2) is 4.79 Å². The zero-order valence-corrected chi connectivity index (χ0v) is 16.3. The molecule has 0 unspecified atom stereocenters. The number of halogens is 1. The molecule has 0 radical (unpaired) electrons. The lowest BCUT2D eigenvalue weighted by Crippen LogP contribution is -2.16. The molecule has 9 heteroatoms. The third kappa shape index (κ3) is 3.81. The predicted molar refractivity (Wildman–Crippen MR) is 109 cm³/mol. The maximum atomic E-state index is 12.4. The van der Waals surface area contributed by atoms with E-state index in [1.807, 2.05) is 6.07 Å². The first-order valence-electron chi connectivity index (χ1n) is 8.41. The number of nitrogens with two attached hydrogens (primary N) is 1. The number of carbonyl (C=O) groups excluding carboxylic acids is 1. The van der Waals surface area contributed by atoms with E-state index in [9.17, 15) is 20.1 Å². The smallest absolute Gasteiger partial charge is 0.343 e. The predicted octanol–water partition coefficient (Wildman–Crippen LogP) is 3.25. The molecule has 3 aromatic rings. The van der Waals surface area contributed by atoms with E-state index in [1.54, 1.807) is 18.2 Å². The highest BCUT2D eigenvalue weighted by molar-refractivity contribution is 6.30. The molecule has 0 aliphatic carbocycles. The summed E-state index contributed by atoms with van der Waals surface area (Å²) < 4.78 is 10.7. The number of aromatic nitrogens is 1. The molecule has 0 amide bonds. The number of nitrogens with one attached hydrogen (secondary N) is 1. The lowest BCUT2D eigenvalue weighted by molar-refractivity contribution is 0.0730. The van der Waals surface area contributed by atoms with Crippen LogP contribution in [0.25, 0.3) is 11.1 Å². The number of hydrogen-bond acceptors (Lipinski definition) is 7. The molecule has 8 nitrogen and oxygen atoms in total. The van der Waals surface area contributed by atoms with Gasteiger partial charge in [-0.15, -0.1) is 0 Å². The number of ether oxygens (including phenoxy) is 2. The van der Waals surface area contributed by atoms with Gasteiger partial charge in [0.2, 0.25) is 0 Å². The standard InChI is InChI=1S/C21H13ClN4O4/c1-29-17-8-12(18-14(9-23)19(25)26-20(27)15(18)10-24)4-7-16(17)30-21(28)11-2-5-13(22)6-3-11/h2-8H,1H3,(H3,25,26,27). The van der Waals surface area contributed by atoms with Gasteiger partial charge < -0.3 is 20.2 Å². The van der Waals surface area contributed by atoms with Crippen LogP contribution in [-0.4, -0.2) is 18.1 Å². The first-order valence-corrected chi connectivity index (χ1v) is 8.79. The number of H-pyrrole nitrogens is 1. The average Bonchev–Trinajstić information content (AvgIpc) is 2.74. The number of nitrogen functional groups attached to an aromatic ring is 1. The van der Waals surface area contributed by atoms with Crippen molar-refractivity contribution < 1.29 is 14.3 Å². The van der Waals surface area contributed by atoms with E-state index >= 15 is 0 Å². The summed E-state index contributed by atoms with van der Waals surface area (Å²) in [4.78, 5) is 26.7. The second kappa shape index (κ2) is 8.39. The van der Waals surface area contributed by atoms with E-state index in [0.717, 1.165) is 0 Å². The van der Waals surface area contributed by atoms with Crippen molar-refractivity contribution in [1.82, 2.24) is 4.98 Å². The van der Waals surface area contributed by atoms with E-state index in [0.29, 0.717) is 10.6 Å². The minimum absolute atomic E-state index is 0.0564. The maximum absolute atomic E-state index is 12.4. The van der Waals surface area contributed by atoms with Gasteiger partial charge in [0.25, 0.3) is 5.56 Å². The van der Waals surface area contributed by atoms with E-state index < -0.39 is 11.5 Å². The zero-order chi connectivity index (χ0) is 21.8. The van der Waals surface area contributed by atoms with Gasteiger partial charge in [0.05, 0.1) is 12.7 Å². The van der Waals surface area contributed by atoms with Gasteiger partial charge in [0.15, 0.2) is 11.5 Å². The van der Waals surface area contributed by atoms with Crippen LogP contribution in [0.3, 0.4) is 0 Å². The third-order valence-electron chi connectivity index (χ3n) is 4.20. The summed E-state index contributed by atoms with van der Waals surface area (Å²) in [5.41, 5.74) is 5.36. The quantitative estimate of drug-likeness (QED) is 0.487. The van der Waals surface area contributed by atoms with Crippen molar-refractivity contribution in [2.45, 2.75) is 0 Å². The Morgan fingerprint density at radius 2 is 1.73 bits per heavy atom. The highest BCUT2D eigenvalue weighted by Gasteiger charge is 2.20. The number of rotatable bonds is 4. The Labute approximate surface area is 175 Å². The Morgan fingerprint density at radius 3 is 2.33 bits per heavy atom. The number of carbonyl (C=O) groups is 1. The molecule has 0 saturated carbocycles. The van der Waals surface area contributed by atoms with Gasteiger partial charge in [-0.1, -0.05) is 17.7 Å². The fraction of sp³-hybridized carbons (Fsp3) is 0.0476. The van der Waals surface area contributed by atoms with Crippen LogP contribution in [0.1, 0.15) is 21.5 Å². The molecule has 0 aliphatic rings. The van der Waals surface area contributed by atoms with Crippen molar-refractivity contribution in [3.63, 3.8) is 0 Å². The molecule has 0 bridgehead atoms. The number of benzene rings is 2. The number of hydrogen-bond donors (Lipinski definition) is 2. The van der Waals surface area contributed by atoms with Crippen molar-refractivity contribution in [3.05, 3.63) is 74.5 Å². The Morgan fingerprint density at radius 1 is 1.07 bits per heavy atom. The topological polar surface area (TPSA) is 142 Å². The molecule has 0 atom stereocenters. The van der Waals surface area contributed by atoms with Crippen molar-refractivity contribution in [2.75, 3.05) is 12.8 Å². The molecule has 0 aliphatic heterocycles. The van der Waals surface area contributed by atoms with Crippen LogP contribution < -0.4 is 20.8 Å². The van der Waals surface area contributed by atoms with Crippen molar-refractivity contribution in [1.29, 1.82) is 10.5 Å². The zero-order valence-electron chi connectivity index (χ0n) is 15.5. The molecule has 148 valence electrons. The average molecular weight is 421 g/mol. The highest BCUT2D eigenvalue weighted by atomic mass is 35.5. The molecule has 3 rings (SSSR count). The number of esters is 1. The molecule has 1 heterocycles. The molecule has 0 spiro atoms. The second-order valence-electron chi connectivity index (χ2n) is 5.98. The van der Waals surface area contributed by atoms with Crippen LogP contribution in [0.4, 0.5) is 5.82 Å². The summed E-state index contributed by atoms with van der Waals surface area (Å²) in [6.07, 6.45) is 0. The summed E-state index contributed by atoms with van der Waals surface area (Å²) >= 11 is 5.82. The van der Waals surface area contributed by atoms with Crippen molar-refractivity contribution in [3.8, 4) is 34.8 Å². The minimum Gasteiger partial charge on any atom is -0.493 e. The molecular formula is C21H13ClN4O4. The summed E-state index contributed by atoms with van der Waals surface area (Å²) in [5, 5.41) is 19.3. The van der Waals surface area contributed by atoms with Gasteiger partial charge in [-0.2, -0.15) is 10.5 Å².